The standard InChI is InChI=1S/C24H37F2IO/c1-7-11-19(24(6,27)8-2)12-9-15-23(4,5)16-10-17-28-20-14-13-18(3)21(25)22(20)26/h10,13-14,16,19H,7-9,11-12,15,17H2,1-6H3. The van der Waals surface area contributed by atoms with E-state index in [1.165, 1.54) is 51.2 Å². The maximum Gasteiger partial charge on any atom is 0.200 e. The molecule has 2 atom stereocenters. The third-order valence-electron chi connectivity index (χ3n) is 5.70. The summed E-state index contributed by atoms with van der Waals surface area (Å²) in [7, 11) is 0. The van der Waals surface area contributed by atoms with E-state index in [1.807, 2.05) is 6.08 Å². The fourth-order valence-corrected chi connectivity index (χ4v) is 4.14. The van der Waals surface area contributed by atoms with Gasteiger partial charge >= 0.3 is 0 Å². The van der Waals surface area contributed by atoms with Gasteiger partial charge in [0.25, 0.3) is 0 Å². The Morgan fingerprint density at radius 1 is 1.11 bits per heavy atom. The molecule has 0 aliphatic carbocycles. The molecule has 0 amide bonds. The normalized spacial score (nSPS) is 15.6. The number of alkyl halides is 1. The molecule has 0 aromatic heterocycles. The molecule has 0 saturated heterocycles. The number of hydrogen-bond acceptors (Lipinski definition) is 1. The maximum absolute atomic E-state index is 13.8. The van der Waals surface area contributed by atoms with Crippen LogP contribution in [0, 0.1) is 29.9 Å². The van der Waals surface area contributed by atoms with Crippen molar-refractivity contribution in [2.24, 2.45) is 11.3 Å². The molecular formula is C24H37F2IO. The molecule has 0 aliphatic rings. The van der Waals surface area contributed by atoms with E-state index in [0.29, 0.717) is 3.42 Å². The molecule has 4 heteroatoms. The molecule has 160 valence electrons. The van der Waals surface area contributed by atoms with Gasteiger partial charge < -0.3 is 4.74 Å². The van der Waals surface area contributed by atoms with Crippen LogP contribution in [0.5, 0.6) is 5.75 Å². The van der Waals surface area contributed by atoms with Gasteiger partial charge in [0.2, 0.25) is 5.82 Å². The van der Waals surface area contributed by atoms with Crippen molar-refractivity contribution in [3.05, 3.63) is 41.5 Å². The highest BCUT2D eigenvalue weighted by Crippen LogP contribution is 2.39. The van der Waals surface area contributed by atoms with E-state index in [-0.39, 0.29) is 23.3 Å². The Hall–Kier alpha value is -0.650. The molecule has 0 bridgehead atoms. The Bertz CT molecular complexity index is 638. The second kappa shape index (κ2) is 11.5. The van der Waals surface area contributed by atoms with Crippen LogP contribution in [0.3, 0.4) is 0 Å². The van der Waals surface area contributed by atoms with Crippen LogP contribution in [0.1, 0.15) is 78.7 Å². The second-order valence-electron chi connectivity index (χ2n) is 8.72. The van der Waals surface area contributed by atoms with Crippen molar-refractivity contribution >= 4 is 22.6 Å². The van der Waals surface area contributed by atoms with Gasteiger partial charge in [-0.25, -0.2) is 4.39 Å². The summed E-state index contributed by atoms with van der Waals surface area (Å²) >= 11 is 2.64. The van der Waals surface area contributed by atoms with Crippen LogP contribution in [0.2, 0.25) is 0 Å². The summed E-state index contributed by atoms with van der Waals surface area (Å²) in [6.45, 7) is 13.1. The highest BCUT2D eigenvalue weighted by molar-refractivity contribution is 14.1. The Kier molecular flexibility index (Phi) is 10.4. The Balaban J connectivity index is 2.51. The molecule has 0 N–H and O–H groups in total. The lowest BCUT2D eigenvalue weighted by molar-refractivity contribution is 0.313. The SMILES string of the molecule is CCCC(CCCC(C)(C)C=CCOc1ccc(C)c(F)c1F)C(C)(I)CC. The van der Waals surface area contributed by atoms with Crippen LogP contribution in [-0.4, -0.2) is 10.0 Å². The van der Waals surface area contributed by atoms with Gasteiger partial charge in [-0.2, -0.15) is 4.39 Å². The Morgan fingerprint density at radius 2 is 1.79 bits per heavy atom. The first kappa shape index (κ1) is 25.4. The lowest BCUT2D eigenvalue weighted by atomic mass is 9.80. The summed E-state index contributed by atoms with van der Waals surface area (Å²) < 4.78 is 33.2. The van der Waals surface area contributed by atoms with Gasteiger partial charge in [-0.15, -0.1) is 0 Å². The van der Waals surface area contributed by atoms with Crippen LogP contribution in [0.15, 0.2) is 24.3 Å². The van der Waals surface area contributed by atoms with E-state index in [0.717, 1.165) is 12.3 Å². The van der Waals surface area contributed by atoms with Crippen molar-refractivity contribution in [2.45, 2.75) is 83.5 Å². The van der Waals surface area contributed by atoms with Crippen molar-refractivity contribution < 1.29 is 13.5 Å². The average molecular weight is 506 g/mol. The molecule has 1 aromatic carbocycles. The smallest absolute Gasteiger partial charge is 0.200 e. The Labute approximate surface area is 184 Å². The van der Waals surface area contributed by atoms with E-state index < -0.39 is 11.6 Å². The fourth-order valence-electron chi connectivity index (χ4n) is 3.52. The second-order valence-corrected chi connectivity index (χ2v) is 11.2. The topological polar surface area (TPSA) is 9.23 Å². The number of ether oxygens (including phenoxy) is 1. The molecule has 28 heavy (non-hydrogen) atoms. The minimum atomic E-state index is -0.910. The van der Waals surface area contributed by atoms with Crippen LogP contribution in [0.4, 0.5) is 8.78 Å². The van der Waals surface area contributed by atoms with Gasteiger partial charge in [0.1, 0.15) is 6.61 Å². The molecule has 0 fully saturated rings. The third-order valence-corrected chi connectivity index (χ3v) is 7.34. The average Bonchev–Trinajstić information content (AvgIpc) is 2.64. The zero-order valence-corrected chi connectivity index (χ0v) is 20.5. The molecule has 0 heterocycles. The van der Waals surface area contributed by atoms with E-state index in [2.05, 4.69) is 63.3 Å². The molecule has 1 aromatic rings. The predicted octanol–water partition coefficient (Wildman–Crippen LogP) is 8.42. The van der Waals surface area contributed by atoms with Gasteiger partial charge in [-0.3, -0.25) is 0 Å². The van der Waals surface area contributed by atoms with Gasteiger partial charge in [0, 0.05) is 3.42 Å². The predicted molar refractivity (Wildman–Crippen MR) is 124 cm³/mol. The number of aryl methyl sites for hydroxylation is 1. The van der Waals surface area contributed by atoms with Crippen molar-refractivity contribution in [1.82, 2.24) is 0 Å². The minimum absolute atomic E-state index is 0.0335. The molecular weight excluding hydrogens is 469 g/mol. The van der Waals surface area contributed by atoms with Crippen molar-refractivity contribution in [2.75, 3.05) is 6.61 Å². The van der Waals surface area contributed by atoms with E-state index in [9.17, 15) is 8.78 Å². The number of rotatable bonds is 12. The van der Waals surface area contributed by atoms with Crippen LogP contribution >= 0.6 is 22.6 Å². The summed E-state index contributed by atoms with van der Waals surface area (Å²) in [6.07, 6.45) is 11.3. The van der Waals surface area contributed by atoms with Gasteiger partial charge in [0.05, 0.1) is 0 Å². The molecule has 0 radical (unpaired) electrons. The summed E-state index contributed by atoms with van der Waals surface area (Å²) in [6, 6.07) is 3.01. The Morgan fingerprint density at radius 3 is 2.39 bits per heavy atom. The van der Waals surface area contributed by atoms with Crippen molar-refractivity contribution in [1.29, 1.82) is 0 Å². The number of benzene rings is 1. The van der Waals surface area contributed by atoms with Crippen LogP contribution in [-0.2, 0) is 0 Å². The van der Waals surface area contributed by atoms with Gasteiger partial charge in [-0.05, 0) is 55.6 Å². The number of halogens is 3. The van der Waals surface area contributed by atoms with Crippen LogP contribution < -0.4 is 4.74 Å². The zero-order chi connectivity index (χ0) is 21.4. The van der Waals surface area contributed by atoms with Crippen LogP contribution in [0.25, 0.3) is 0 Å². The monoisotopic (exact) mass is 506 g/mol. The van der Waals surface area contributed by atoms with Gasteiger partial charge in [-0.1, -0.05) is 88.3 Å². The highest BCUT2D eigenvalue weighted by Gasteiger charge is 2.28. The zero-order valence-electron chi connectivity index (χ0n) is 18.4. The molecule has 2 unspecified atom stereocenters. The summed E-state index contributed by atoms with van der Waals surface area (Å²) in [5.74, 6) is -1.02. The summed E-state index contributed by atoms with van der Waals surface area (Å²) in [5, 5.41) is 0. The van der Waals surface area contributed by atoms with E-state index in [1.54, 1.807) is 0 Å². The molecule has 1 nitrogen and oxygen atoms in total. The van der Waals surface area contributed by atoms with E-state index in [4.69, 9.17) is 4.74 Å². The van der Waals surface area contributed by atoms with Crippen molar-refractivity contribution in [3.8, 4) is 5.75 Å². The first-order valence-corrected chi connectivity index (χ1v) is 11.6. The van der Waals surface area contributed by atoms with E-state index >= 15 is 0 Å². The summed E-state index contributed by atoms with van der Waals surface area (Å²) in [4.78, 5) is 0. The molecule has 0 spiro atoms. The van der Waals surface area contributed by atoms with Crippen molar-refractivity contribution in [3.63, 3.8) is 0 Å². The molecule has 0 aliphatic heterocycles. The lowest BCUT2D eigenvalue weighted by Gasteiger charge is -2.32. The largest absolute Gasteiger partial charge is 0.486 e. The lowest BCUT2D eigenvalue weighted by Crippen LogP contribution is -2.27. The number of hydrogen-bond donors (Lipinski definition) is 0. The maximum atomic E-state index is 13.8. The minimum Gasteiger partial charge on any atom is -0.486 e. The third kappa shape index (κ3) is 8.00. The van der Waals surface area contributed by atoms with Gasteiger partial charge in [0.15, 0.2) is 11.6 Å². The first-order chi connectivity index (χ1) is 13.0. The summed E-state index contributed by atoms with van der Waals surface area (Å²) in [5.41, 5.74) is 0.346. The quantitative estimate of drug-likeness (QED) is 0.157. The first-order valence-electron chi connectivity index (χ1n) is 10.5. The highest BCUT2D eigenvalue weighted by atomic mass is 127. The molecule has 0 saturated carbocycles. The molecule has 1 rings (SSSR count). The fraction of sp³-hybridized carbons (Fsp3) is 0.667. The number of allylic oxidation sites excluding steroid dienone is 1.